The summed E-state index contributed by atoms with van der Waals surface area (Å²) in [5, 5.41) is 6.75. The first-order valence-corrected chi connectivity index (χ1v) is 12.8. The summed E-state index contributed by atoms with van der Waals surface area (Å²) in [6.45, 7) is 0.401. The maximum Gasteiger partial charge on any atom is 0.282 e. The highest BCUT2D eigenvalue weighted by atomic mass is 32.1. The molecule has 206 valence electrons. The van der Waals surface area contributed by atoms with Crippen LogP contribution in [0.3, 0.4) is 0 Å². The summed E-state index contributed by atoms with van der Waals surface area (Å²) in [6, 6.07) is 8.61. The fraction of sp³-hybridized carbons (Fsp3) is 0.192. The van der Waals surface area contributed by atoms with Crippen LogP contribution in [0.4, 0.5) is 15.9 Å². The van der Waals surface area contributed by atoms with Crippen LogP contribution in [0.25, 0.3) is 10.1 Å². The number of nitrogens with zero attached hydrogens (tertiary/aromatic N) is 4. The van der Waals surface area contributed by atoms with Gasteiger partial charge in [-0.15, -0.1) is 11.3 Å². The molecule has 0 saturated heterocycles. The molecule has 1 unspecified atom stereocenters. The summed E-state index contributed by atoms with van der Waals surface area (Å²) < 4.78 is 15.5. The number of carbonyl (C=O) groups excluding carboxylic acids is 3. The zero-order valence-electron chi connectivity index (χ0n) is 21.3. The molecule has 0 radical (unpaired) electrons. The zero-order chi connectivity index (χ0) is 28.8. The second-order valence-corrected chi connectivity index (χ2v) is 9.75. The smallest absolute Gasteiger partial charge is 0.282 e. The van der Waals surface area contributed by atoms with Gasteiger partial charge in [0.2, 0.25) is 5.91 Å². The zero-order valence-corrected chi connectivity index (χ0v) is 22.1. The van der Waals surface area contributed by atoms with Crippen molar-refractivity contribution < 1.29 is 18.8 Å². The molecular formula is C26H25FN8O4S. The molecule has 3 aromatic heterocycles. The van der Waals surface area contributed by atoms with Crippen LogP contribution in [0.15, 0.2) is 58.6 Å². The molecule has 0 spiro atoms. The Morgan fingerprint density at radius 1 is 1.25 bits per heavy atom. The number of aliphatic imine (C=N–C) groups is 1. The van der Waals surface area contributed by atoms with E-state index in [1.807, 2.05) is 12.1 Å². The maximum atomic E-state index is 13.0. The average molecular weight is 565 g/mol. The molecule has 4 aromatic rings. The van der Waals surface area contributed by atoms with Gasteiger partial charge in [-0.05, 0) is 30.7 Å². The predicted octanol–water partition coefficient (Wildman–Crippen LogP) is 1.80. The van der Waals surface area contributed by atoms with Gasteiger partial charge in [-0.1, -0.05) is 12.1 Å². The number of amides is 2. The molecule has 0 fully saturated rings. The second-order valence-electron chi connectivity index (χ2n) is 8.58. The van der Waals surface area contributed by atoms with Crippen molar-refractivity contribution >= 4 is 56.9 Å². The van der Waals surface area contributed by atoms with Crippen LogP contribution in [0.5, 0.6) is 0 Å². The van der Waals surface area contributed by atoms with Gasteiger partial charge in [0, 0.05) is 34.6 Å². The van der Waals surface area contributed by atoms with Gasteiger partial charge in [-0.2, -0.15) is 4.99 Å². The Morgan fingerprint density at radius 2 is 2.02 bits per heavy atom. The number of nitrogen functional groups attached to an aromatic ring is 1. The highest BCUT2D eigenvalue weighted by Gasteiger charge is 2.30. The number of nitrogens with two attached hydrogens (primary N) is 2. The lowest BCUT2D eigenvalue weighted by atomic mass is 10.2. The molecule has 0 bridgehead atoms. The van der Waals surface area contributed by atoms with Crippen LogP contribution < -0.4 is 27.7 Å². The normalized spacial score (nSPS) is 14.2. The van der Waals surface area contributed by atoms with Crippen molar-refractivity contribution in [1.82, 2.24) is 19.9 Å². The number of benzene rings is 1. The van der Waals surface area contributed by atoms with Gasteiger partial charge in [0.25, 0.3) is 11.5 Å². The van der Waals surface area contributed by atoms with E-state index in [0.29, 0.717) is 36.7 Å². The van der Waals surface area contributed by atoms with E-state index in [9.17, 15) is 23.6 Å². The monoisotopic (exact) mass is 564 g/mol. The summed E-state index contributed by atoms with van der Waals surface area (Å²) in [6.07, 6.45) is 4.66. The molecule has 4 heterocycles. The molecule has 6 N–H and O–H groups in total. The number of carbonyl (C=O) groups is 3. The van der Waals surface area contributed by atoms with E-state index in [1.54, 1.807) is 24.6 Å². The van der Waals surface area contributed by atoms with Crippen LogP contribution in [-0.2, 0) is 22.6 Å². The number of aryl methyl sites for hydroxylation is 1. The molecule has 1 aliphatic rings. The third-order valence-electron chi connectivity index (χ3n) is 5.96. The summed E-state index contributed by atoms with van der Waals surface area (Å²) in [5.41, 5.74) is 10.7. The Kier molecular flexibility index (Phi) is 8.59. The number of anilines is 2. The van der Waals surface area contributed by atoms with E-state index in [2.05, 4.69) is 25.6 Å². The molecule has 1 atom stereocenters. The summed E-state index contributed by atoms with van der Waals surface area (Å²) in [4.78, 5) is 58.9. The van der Waals surface area contributed by atoms with Gasteiger partial charge in [-0.3, -0.25) is 23.7 Å². The van der Waals surface area contributed by atoms with E-state index >= 15 is 0 Å². The number of thiophene rings is 1. The Morgan fingerprint density at radius 3 is 2.75 bits per heavy atom. The molecule has 1 aromatic carbocycles. The lowest BCUT2D eigenvalue weighted by Gasteiger charge is -2.14. The SMILES string of the molecule is CNc1cnc2n(c1=O)C(C(=O)NCc1cc3cnc(N)cc3s1)CC2.NC(C=O)=NC(=O)c1ccccc1F. The number of aldehydes is 1. The van der Waals surface area contributed by atoms with Crippen molar-refractivity contribution in [1.29, 1.82) is 0 Å². The molecule has 14 heteroatoms. The third-order valence-corrected chi connectivity index (χ3v) is 7.06. The number of rotatable bonds is 6. The van der Waals surface area contributed by atoms with E-state index < -0.39 is 23.6 Å². The number of nitrogens with one attached hydrogen (secondary N) is 2. The Bertz CT molecular complexity index is 1680. The van der Waals surface area contributed by atoms with Gasteiger partial charge in [-0.25, -0.2) is 14.4 Å². The predicted molar refractivity (Wildman–Crippen MR) is 150 cm³/mol. The summed E-state index contributed by atoms with van der Waals surface area (Å²) >= 11 is 1.57. The average Bonchev–Trinajstić information content (AvgIpc) is 3.56. The third kappa shape index (κ3) is 6.18. The number of aromatic nitrogens is 3. The fourth-order valence-electron chi connectivity index (χ4n) is 4.05. The van der Waals surface area contributed by atoms with Crippen LogP contribution in [0.2, 0.25) is 0 Å². The Labute approximate surface area is 231 Å². The van der Waals surface area contributed by atoms with Gasteiger partial charge >= 0.3 is 0 Å². The van der Waals surface area contributed by atoms with Crippen molar-refractivity contribution in [3.63, 3.8) is 0 Å². The van der Waals surface area contributed by atoms with Crippen LogP contribution in [0.1, 0.15) is 33.5 Å². The van der Waals surface area contributed by atoms with Crippen molar-refractivity contribution in [3.05, 3.63) is 81.2 Å². The molecule has 1 aliphatic heterocycles. The number of amidine groups is 1. The van der Waals surface area contributed by atoms with Crippen LogP contribution >= 0.6 is 11.3 Å². The molecule has 0 saturated carbocycles. The quantitative estimate of drug-likeness (QED) is 0.154. The van der Waals surface area contributed by atoms with Crippen molar-refractivity contribution in [2.75, 3.05) is 18.1 Å². The Balaban J connectivity index is 0.000000224. The first kappa shape index (κ1) is 28.0. The molecular weight excluding hydrogens is 539 g/mol. The first-order chi connectivity index (χ1) is 19.2. The molecule has 12 nitrogen and oxygen atoms in total. The maximum absolute atomic E-state index is 13.0. The van der Waals surface area contributed by atoms with E-state index in [4.69, 9.17) is 11.5 Å². The largest absolute Gasteiger partial charge is 0.384 e. The number of hydrogen-bond acceptors (Lipinski definition) is 9. The van der Waals surface area contributed by atoms with Crippen LogP contribution in [0, 0.1) is 5.82 Å². The minimum atomic E-state index is -0.868. The minimum Gasteiger partial charge on any atom is -0.384 e. The second kappa shape index (κ2) is 12.3. The minimum absolute atomic E-state index is 0.170. The van der Waals surface area contributed by atoms with Gasteiger partial charge in [0.05, 0.1) is 18.3 Å². The first-order valence-electron chi connectivity index (χ1n) is 12.0. The lowest BCUT2D eigenvalue weighted by Crippen LogP contribution is -2.36. The summed E-state index contributed by atoms with van der Waals surface area (Å²) in [5.74, 6) is -1.08. The van der Waals surface area contributed by atoms with Crippen molar-refractivity contribution in [2.45, 2.75) is 25.4 Å². The Hall–Kier alpha value is -4.98. The molecule has 2 amide bonds. The lowest BCUT2D eigenvalue weighted by molar-refractivity contribution is -0.124. The van der Waals surface area contributed by atoms with Gasteiger partial charge in [0.1, 0.15) is 29.2 Å². The molecule has 0 aliphatic carbocycles. The van der Waals surface area contributed by atoms with Crippen LogP contribution in [-0.4, -0.2) is 45.5 Å². The van der Waals surface area contributed by atoms with E-state index in [0.717, 1.165) is 21.0 Å². The number of pyridine rings is 1. The van der Waals surface area contributed by atoms with Crippen molar-refractivity contribution in [3.8, 4) is 0 Å². The van der Waals surface area contributed by atoms with Gasteiger partial charge < -0.3 is 22.1 Å². The number of hydrogen-bond donors (Lipinski definition) is 4. The molecule has 40 heavy (non-hydrogen) atoms. The molecule has 5 rings (SSSR count). The van der Waals surface area contributed by atoms with E-state index in [-0.39, 0.29) is 23.3 Å². The van der Waals surface area contributed by atoms with E-state index in [1.165, 1.54) is 29.0 Å². The highest BCUT2D eigenvalue weighted by molar-refractivity contribution is 7.19. The number of halogens is 1. The fourth-order valence-corrected chi connectivity index (χ4v) is 5.07. The van der Waals surface area contributed by atoms with Crippen molar-refractivity contribution in [2.24, 2.45) is 10.7 Å². The highest BCUT2D eigenvalue weighted by Crippen LogP contribution is 2.27. The van der Waals surface area contributed by atoms with Gasteiger partial charge in [0.15, 0.2) is 12.1 Å². The number of fused-ring (bicyclic) bond motifs is 2. The summed E-state index contributed by atoms with van der Waals surface area (Å²) in [7, 11) is 1.67. The standard InChI is InChI=1S/C17H18N6O2S.C9H7FN2O2/c1-19-11-8-21-15-3-2-12(23(15)17(11)25)16(24)22-7-10-4-9-6-20-14(18)5-13(9)26-10;10-7-4-2-1-3-6(7)9(14)12-8(11)5-13/h4-6,8,12,19H,2-3,7H2,1H3,(H2,18,20)(H,22,24);1-5H,(H2,11,12,14). The topological polar surface area (TPSA) is 187 Å².